The molecule has 2 heteroatoms. The normalized spacial score (nSPS) is 13.3. The fraction of sp³-hybridized carbons (Fsp3) is 0.571. The average molecular weight is 409 g/mol. The Bertz CT molecular complexity index is 855. The highest BCUT2D eigenvalue weighted by atomic mass is 15.0. The number of hydrogen-bond acceptors (Lipinski definition) is 2. The molecular formula is C28H44N2. The average Bonchev–Trinajstić information content (AvgIpc) is 2.52. The first-order valence-electron chi connectivity index (χ1n) is 11.3. The van der Waals surface area contributed by atoms with Crippen LogP contribution in [0.3, 0.4) is 0 Å². The Morgan fingerprint density at radius 3 is 1.83 bits per heavy atom. The van der Waals surface area contributed by atoms with E-state index >= 15 is 0 Å². The van der Waals surface area contributed by atoms with Crippen LogP contribution < -0.4 is 10.6 Å². The third-order valence-corrected chi connectivity index (χ3v) is 5.26. The summed E-state index contributed by atoms with van der Waals surface area (Å²) in [6, 6.07) is 15.8. The third-order valence-electron chi connectivity index (χ3n) is 5.26. The zero-order valence-corrected chi connectivity index (χ0v) is 21.2. The van der Waals surface area contributed by atoms with E-state index in [1.165, 1.54) is 28.1 Å². The quantitative estimate of drug-likeness (QED) is 0.525. The van der Waals surface area contributed by atoms with Crippen LogP contribution in [0.5, 0.6) is 0 Å². The van der Waals surface area contributed by atoms with Gasteiger partial charge in [-0.05, 0) is 86.8 Å². The summed E-state index contributed by atoms with van der Waals surface area (Å²) in [5, 5.41) is 7.47. The lowest BCUT2D eigenvalue weighted by atomic mass is 9.82. The molecule has 0 saturated heterocycles. The molecule has 2 rings (SSSR count). The number of nitrogens with one attached hydrogen (secondary N) is 2. The van der Waals surface area contributed by atoms with Crippen molar-refractivity contribution in [2.75, 3.05) is 10.6 Å². The smallest absolute Gasteiger partial charge is 0.0382 e. The zero-order valence-electron chi connectivity index (χ0n) is 21.2. The summed E-state index contributed by atoms with van der Waals surface area (Å²) >= 11 is 0. The van der Waals surface area contributed by atoms with Gasteiger partial charge < -0.3 is 10.6 Å². The van der Waals surface area contributed by atoms with E-state index in [1.54, 1.807) is 0 Å². The summed E-state index contributed by atoms with van der Waals surface area (Å²) < 4.78 is 0. The molecule has 2 N–H and O–H groups in total. The molecule has 2 nitrogen and oxygen atoms in total. The molecule has 2 aromatic rings. The van der Waals surface area contributed by atoms with Gasteiger partial charge in [0, 0.05) is 22.5 Å². The summed E-state index contributed by atoms with van der Waals surface area (Å²) in [6.07, 6.45) is 0.964. The van der Waals surface area contributed by atoms with Gasteiger partial charge in [0.05, 0.1) is 0 Å². The first-order chi connectivity index (χ1) is 13.5. The second kappa shape index (κ2) is 8.29. The largest absolute Gasteiger partial charge is 0.380 e. The van der Waals surface area contributed by atoms with Crippen LogP contribution in [-0.2, 0) is 17.3 Å². The van der Waals surface area contributed by atoms with Crippen LogP contribution in [0.4, 0.5) is 11.4 Å². The Kier molecular flexibility index (Phi) is 6.71. The van der Waals surface area contributed by atoms with Crippen molar-refractivity contribution in [2.45, 2.75) is 104 Å². The maximum Gasteiger partial charge on any atom is 0.0382 e. The zero-order chi connectivity index (χ0) is 23.0. The van der Waals surface area contributed by atoms with E-state index in [9.17, 15) is 0 Å². The Labute approximate surface area is 185 Å². The Balaban J connectivity index is 2.28. The van der Waals surface area contributed by atoms with Crippen LogP contribution in [0, 0.1) is 0 Å². The van der Waals surface area contributed by atoms with Crippen molar-refractivity contribution in [2.24, 2.45) is 0 Å². The van der Waals surface area contributed by atoms with Gasteiger partial charge in [-0.3, -0.25) is 0 Å². The highest BCUT2D eigenvalue weighted by molar-refractivity contribution is 5.57. The molecule has 0 unspecified atom stereocenters. The van der Waals surface area contributed by atoms with Crippen molar-refractivity contribution in [1.82, 2.24) is 0 Å². The van der Waals surface area contributed by atoms with Gasteiger partial charge in [0.25, 0.3) is 0 Å². The van der Waals surface area contributed by atoms with Crippen molar-refractivity contribution in [3.8, 4) is 0 Å². The molecular weight excluding hydrogens is 364 g/mol. The van der Waals surface area contributed by atoms with E-state index in [0.29, 0.717) is 0 Å². The summed E-state index contributed by atoms with van der Waals surface area (Å²) in [5.74, 6) is 0. The van der Waals surface area contributed by atoms with E-state index in [-0.39, 0.29) is 21.9 Å². The minimum absolute atomic E-state index is 0.0421. The number of benzene rings is 2. The second-order valence-corrected chi connectivity index (χ2v) is 12.5. The van der Waals surface area contributed by atoms with Crippen LogP contribution >= 0.6 is 0 Å². The van der Waals surface area contributed by atoms with Gasteiger partial charge in [-0.2, -0.15) is 0 Å². The molecule has 2 aromatic carbocycles. The Morgan fingerprint density at radius 2 is 1.30 bits per heavy atom. The summed E-state index contributed by atoms with van der Waals surface area (Å²) in [7, 11) is 0. The number of hydrogen-bond donors (Lipinski definition) is 2. The van der Waals surface area contributed by atoms with Crippen molar-refractivity contribution >= 4 is 11.4 Å². The molecule has 0 aliphatic rings. The van der Waals surface area contributed by atoms with Crippen molar-refractivity contribution in [3.63, 3.8) is 0 Å². The molecule has 0 bridgehead atoms. The van der Waals surface area contributed by atoms with Crippen LogP contribution in [-0.4, -0.2) is 11.1 Å². The predicted octanol–water partition coefficient (Wildman–Crippen LogP) is 7.93. The van der Waals surface area contributed by atoms with Crippen molar-refractivity contribution in [3.05, 3.63) is 59.2 Å². The predicted molar refractivity (Wildman–Crippen MR) is 135 cm³/mol. The summed E-state index contributed by atoms with van der Waals surface area (Å²) in [4.78, 5) is 0. The minimum atomic E-state index is -0.0510. The van der Waals surface area contributed by atoms with E-state index in [2.05, 4.69) is 129 Å². The van der Waals surface area contributed by atoms with E-state index in [4.69, 9.17) is 0 Å². The molecule has 0 radical (unpaired) electrons. The van der Waals surface area contributed by atoms with Gasteiger partial charge in [0.1, 0.15) is 0 Å². The van der Waals surface area contributed by atoms with Crippen LogP contribution in [0.25, 0.3) is 0 Å². The van der Waals surface area contributed by atoms with Gasteiger partial charge in [0.2, 0.25) is 0 Å². The van der Waals surface area contributed by atoms with E-state index in [1.807, 2.05) is 0 Å². The van der Waals surface area contributed by atoms with Gasteiger partial charge >= 0.3 is 0 Å². The summed E-state index contributed by atoms with van der Waals surface area (Å²) in [6.45, 7) is 24.9. The van der Waals surface area contributed by atoms with Crippen LogP contribution in [0.15, 0.2) is 42.5 Å². The van der Waals surface area contributed by atoms with Gasteiger partial charge in [-0.15, -0.1) is 0 Å². The monoisotopic (exact) mass is 408 g/mol. The maximum absolute atomic E-state index is 3.77. The molecule has 166 valence electrons. The Hall–Kier alpha value is -1.96. The highest BCUT2D eigenvalue weighted by Crippen LogP contribution is 2.33. The highest BCUT2D eigenvalue weighted by Gasteiger charge is 2.24. The topological polar surface area (TPSA) is 24.1 Å². The maximum atomic E-state index is 3.77. The molecule has 0 aliphatic heterocycles. The van der Waals surface area contributed by atoms with Crippen molar-refractivity contribution in [1.29, 1.82) is 0 Å². The van der Waals surface area contributed by atoms with Gasteiger partial charge in [-0.25, -0.2) is 0 Å². The molecule has 0 aliphatic carbocycles. The second-order valence-electron chi connectivity index (χ2n) is 12.5. The summed E-state index contributed by atoms with van der Waals surface area (Å²) in [5.41, 5.74) is 6.75. The first kappa shape index (κ1) is 24.3. The fourth-order valence-electron chi connectivity index (χ4n) is 3.84. The SMILES string of the molecule is CC(C)(C)Nc1ccc(CC(C)(C)Nc2cccc(C(C)(C)C)c2)cc1C(C)(C)C. The molecule has 0 amide bonds. The lowest BCUT2D eigenvalue weighted by Gasteiger charge is -2.32. The minimum Gasteiger partial charge on any atom is -0.380 e. The number of rotatable bonds is 5. The Morgan fingerprint density at radius 1 is 0.667 bits per heavy atom. The standard InChI is InChI=1S/C28H44N2/c1-25(2,3)21-13-12-14-22(18-21)29-28(10,11)19-20-15-16-24(30-27(7,8)9)23(17-20)26(4,5)6/h12-18,29-30H,19H2,1-11H3. The van der Waals surface area contributed by atoms with E-state index < -0.39 is 0 Å². The fourth-order valence-corrected chi connectivity index (χ4v) is 3.84. The number of anilines is 2. The third kappa shape index (κ3) is 7.07. The van der Waals surface area contributed by atoms with Crippen LogP contribution in [0.2, 0.25) is 0 Å². The molecule has 0 heterocycles. The molecule has 30 heavy (non-hydrogen) atoms. The first-order valence-corrected chi connectivity index (χ1v) is 11.3. The molecule has 0 atom stereocenters. The molecule has 0 spiro atoms. The molecule has 0 saturated carbocycles. The van der Waals surface area contributed by atoms with E-state index in [0.717, 1.165) is 6.42 Å². The van der Waals surface area contributed by atoms with Gasteiger partial charge in [0.15, 0.2) is 0 Å². The lowest BCUT2D eigenvalue weighted by molar-refractivity contribution is 0.555. The van der Waals surface area contributed by atoms with Gasteiger partial charge in [-0.1, -0.05) is 65.8 Å². The lowest BCUT2D eigenvalue weighted by Crippen LogP contribution is -2.34. The molecule has 0 fully saturated rings. The van der Waals surface area contributed by atoms with Crippen LogP contribution in [0.1, 0.15) is 92.9 Å². The van der Waals surface area contributed by atoms with Crippen molar-refractivity contribution < 1.29 is 0 Å². The molecule has 0 aromatic heterocycles.